The maximum Gasteiger partial charge on any atom is 0.413 e. The van der Waals surface area contributed by atoms with Crippen molar-refractivity contribution in [2.75, 3.05) is 18.5 Å². The van der Waals surface area contributed by atoms with Crippen LogP contribution in [0.5, 0.6) is 0 Å². The van der Waals surface area contributed by atoms with Crippen molar-refractivity contribution in [2.45, 2.75) is 39.0 Å². The van der Waals surface area contributed by atoms with Crippen molar-refractivity contribution >= 4 is 11.9 Å². The number of rotatable bonds is 4. The predicted molar refractivity (Wildman–Crippen MR) is 74.5 cm³/mol. The molecule has 0 atom stereocenters. The topological polar surface area (TPSA) is 77.4 Å². The number of aryl methyl sites for hydroxylation is 1. The fourth-order valence-corrected chi connectivity index (χ4v) is 1.78. The molecule has 0 spiro atoms. The van der Waals surface area contributed by atoms with Crippen LogP contribution in [0, 0.1) is 0 Å². The van der Waals surface area contributed by atoms with Crippen LogP contribution in [0.3, 0.4) is 0 Å². The highest BCUT2D eigenvalue weighted by Crippen LogP contribution is 2.16. The van der Waals surface area contributed by atoms with Crippen LogP contribution in [0.25, 0.3) is 0 Å². The molecule has 0 radical (unpaired) electrons. The van der Waals surface area contributed by atoms with E-state index < -0.39 is 11.7 Å². The van der Waals surface area contributed by atoms with Crippen LogP contribution in [0.4, 0.5) is 10.6 Å². The Bertz CT molecular complexity index is 474. The minimum Gasteiger partial charge on any atom is -0.444 e. The standard InChI is InChI=1S/C13H22N4O3/c1-13(2,3)20-12(18)16-11-9(6-15-17(11)4)5-14-10-7-19-8-10/h6,10,14H,5,7-8H2,1-4H3,(H,16,18). The number of carbonyl (C=O) groups excluding carboxylic acids is 1. The van der Waals surface area contributed by atoms with Crippen LogP contribution in [0.15, 0.2) is 6.20 Å². The highest BCUT2D eigenvalue weighted by molar-refractivity contribution is 5.84. The molecule has 7 heteroatoms. The first-order valence-electron chi connectivity index (χ1n) is 6.67. The number of aromatic nitrogens is 2. The van der Waals surface area contributed by atoms with Crippen LogP contribution in [0.2, 0.25) is 0 Å². The molecule has 1 fully saturated rings. The van der Waals surface area contributed by atoms with Gasteiger partial charge in [-0.3, -0.25) is 10.00 Å². The molecular weight excluding hydrogens is 260 g/mol. The van der Waals surface area contributed by atoms with Gasteiger partial charge in [-0.05, 0) is 20.8 Å². The number of ether oxygens (including phenoxy) is 2. The minimum atomic E-state index is -0.523. The Kier molecular flexibility index (Phi) is 4.29. The Morgan fingerprint density at radius 1 is 1.55 bits per heavy atom. The zero-order valence-corrected chi connectivity index (χ0v) is 12.4. The zero-order chi connectivity index (χ0) is 14.8. The third-order valence-corrected chi connectivity index (χ3v) is 2.85. The highest BCUT2D eigenvalue weighted by atomic mass is 16.6. The average molecular weight is 282 g/mol. The molecule has 2 N–H and O–H groups in total. The summed E-state index contributed by atoms with van der Waals surface area (Å²) in [5, 5.41) is 10.2. The summed E-state index contributed by atoms with van der Waals surface area (Å²) in [4.78, 5) is 11.8. The summed E-state index contributed by atoms with van der Waals surface area (Å²) < 4.78 is 12.0. The maximum absolute atomic E-state index is 11.8. The van der Waals surface area contributed by atoms with Gasteiger partial charge in [0.1, 0.15) is 11.4 Å². The highest BCUT2D eigenvalue weighted by Gasteiger charge is 2.21. The zero-order valence-electron chi connectivity index (χ0n) is 12.4. The maximum atomic E-state index is 11.8. The molecule has 112 valence electrons. The second-order valence-electron chi connectivity index (χ2n) is 5.88. The van der Waals surface area contributed by atoms with E-state index in [9.17, 15) is 4.79 Å². The molecule has 1 aromatic heterocycles. The molecule has 20 heavy (non-hydrogen) atoms. The van der Waals surface area contributed by atoms with E-state index in [2.05, 4.69) is 15.7 Å². The molecule has 2 heterocycles. The molecule has 0 saturated carbocycles. The molecule has 1 aliphatic rings. The smallest absolute Gasteiger partial charge is 0.413 e. The Morgan fingerprint density at radius 2 is 2.25 bits per heavy atom. The lowest BCUT2D eigenvalue weighted by Crippen LogP contribution is -2.45. The lowest BCUT2D eigenvalue weighted by Gasteiger charge is -2.27. The van der Waals surface area contributed by atoms with Crippen molar-refractivity contribution < 1.29 is 14.3 Å². The number of nitrogens with zero attached hydrogens (tertiary/aromatic N) is 2. The third kappa shape index (κ3) is 3.94. The fourth-order valence-electron chi connectivity index (χ4n) is 1.78. The summed E-state index contributed by atoms with van der Waals surface area (Å²) in [6.45, 7) is 7.58. The Morgan fingerprint density at radius 3 is 2.80 bits per heavy atom. The summed E-state index contributed by atoms with van der Waals surface area (Å²) in [5.74, 6) is 0.645. The van der Waals surface area contributed by atoms with Crippen molar-refractivity contribution in [3.63, 3.8) is 0 Å². The first kappa shape index (κ1) is 14.8. The number of nitrogens with one attached hydrogen (secondary N) is 2. The van der Waals surface area contributed by atoms with Gasteiger partial charge < -0.3 is 14.8 Å². The largest absolute Gasteiger partial charge is 0.444 e. The van der Waals surface area contributed by atoms with Gasteiger partial charge in [-0.2, -0.15) is 5.10 Å². The van der Waals surface area contributed by atoms with Crippen molar-refractivity contribution in [1.29, 1.82) is 0 Å². The van der Waals surface area contributed by atoms with E-state index in [0.717, 1.165) is 18.8 Å². The van der Waals surface area contributed by atoms with Crippen molar-refractivity contribution in [3.05, 3.63) is 11.8 Å². The molecule has 1 saturated heterocycles. The molecule has 0 bridgehead atoms. The summed E-state index contributed by atoms with van der Waals surface area (Å²) in [7, 11) is 1.78. The summed E-state index contributed by atoms with van der Waals surface area (Å²) >= 11 is 0. The van der Waals surface area contributed by atoms with Gasteiger partial charge in [-0.15, -0.1) is 0 Å². The molecule has 7 nitrogen and oxygen atoms in total. The van der Waals surface area contributed by atoms with Crippen molar-refractivity contribution in [3.8, 4) is 0 Å². The van der Waals surface area contributed by atoms with Gasteiger partial charge in [0, 0.05) is 19.2 Å². The normalized spacial score (nSPS) is 15.8. The van der Waals surface area contributed by atoms with E-state index in [4.69, 9.17) is 9.47 Å². The summed E-state index contributed by atoms with van der Waals surface area (Å²) in [6, 6.07) is 0.379. The minimum absolute atomic E-state index is 0.379. The average Bonchev–Trinajstić information content (AvgIpc) is 2.56. The van der Waals surface area contributed by atoms with E-state index in [1.54, 1.807) is 17.9 Å². The Hall–Kier alpha value is -1.60. The van der Waals surface area contributed by atoms with E-state index in [0.29, 0.717) is 18.4 Å². The second-order valence-corrected chi connectivity index (χ2v) is 5.88. The molecule has 0 aliphatic carbocycles. The molecule has 1 aliphatic heterocycles. The lowest BCUT2D eigenvalue weighted by atomic mass is 10.2. The number of carbonyl (C=O) groups is 1. The second kappa shape index (κ2) is 5.80. The van der Waals surface area contributed by atoms with Crippen LogP contribution in [-0.2, 0) is 23.1 Å². The lowest BCUT2D eigenvalue weighted by molar-refractivity contribution is -0.00577. The van der Waals surface area contributed by atoms with Gasteiger partial charge in [-0.25, -0.2) is 4.79 Å². The number of amides is 1. The van der Waals surface area contributed by atoms with Crippen LogP contribution in [-0.4, -0.2) is 40.7 Å². The number of anilines is 1. The van der Waals surface area contributed by atoms with Gasteiger partial charge in [0.05, 0.1) is 25.5 Å². The Balaban J connectivity index is 1.95. The predicted octanol–water partition coefficient (Wildman–Crippen LogP) is 1.26. The van der Waals surface area contributed by atoms with Crippen LogP contribution < -0.4 is 10.6 Å². The van der Waals surface area contributed by atoms with E-state index in [1.165, 1.54) is 0 Å². The SMILES string of the molecule is Cn1ncc(CNC2COC2)c1NC(=O)OC(C)(C)C. The summed E-state index contributed by atoms with van der Waals surface area (Å²) in [6.07, 6.45) is 1.26. The van der Waals surface area contributed by atoms with Gasteiger partial charge >= 0.3 is 6.09 Å². The third-order valence-electron chi connectivity index (χ3n) is 2.85. The number of hydrogen-bond acceptors (Lipinski definition) is 5. The monoisotopic (exact) mass is 282 g/mol. The first-order valence-corrected chi connectivity index (χ1v) is 6.67. The van der Waals surface area contributed by atoms with E-state index >= 15 is 0 Å². The Labute approximate surface area is 118 Å². The van der Waals surface area contributed by atoms with E-state index in [-0.39, 0.29) is 0 Å². The molecule has 0 aromatic carbocycles. The van der Waals surface area contributed by atoms with Crippen molar-refractivity contribution in [1.82, 2.24) is 15.1 Å². The van der Waals surface area contributed by atoms with Crippen LogP contribution >= 0.6 is 0 Å². The van der Waals surface area contributed by atoms with Gasteiger partial charge in [0.15, 0.2) is 0 Å². The molecule has 1 amide bonds. The van der Waals surface area contributed by atoms with Gasteiger partial charge in [-0.1, -0.05) is 0 Å². The van der Waals surface area contributed by atoms with Gasteiger partial charge in [0.2, 0.25) is 0 Å². The molecule has 0 unspecified atom stereocenters. The van der Waals surface area contributed by atoms with E-state index in [1.807, 2.05) is 20.8 Å². The quantitative estimate of drug-likeness (QED) is 0.869. The first-order chi connectivity index (χ1) is 9.35. The van der Waals surface area contributed by atoms with Gasteiger partial charge in [0.25, 0.3) is 0 Å². The van der Waals surface area contributed by atoms with Crippen LogP contribution in [0.1, 0.15) is 26.3 Å². The molecular formula is C13H22N4O3. The number of hydrogen-bond donors (Lipinski definition) is 2. The summed E-state index contributed by atoms with van der Waals surface area (Å²) in [5.41, 5.74) is 0.398. The molecule has 1 aromatic rings. The van der Waals surface area contributed by atoms with Crippen molar-refractivity contribution in [2.24, 2.45) is 7.05 Å². The molecule has 2 rings (SSSR count). The fraction of sp³-hybridized carbons (Fsp3) is 0.692.